The molecule has 0 saturated carbocycles. The summed E-state index contributed by atoms with van der Waals surface area (Å²) in [6, 6.07) is 22.9. The Morgan fingerprint density at radius 3 is 2.52 bits per heavy atom. The highest BCUT2D eigenvalue weighted by Gasteiger charge is 2.14. The third-order valence-corrected chi connectivity index (χ3v) is 4.74. The Kier molecular flexibility index (Phi) is 5.08. The van der Waals surface area contributed by atoms with Crippen LogP contribution >= 0.6 is 0 Å². The number of hydrogen-bond donors (Lipinski definition) is 0. The first-order valence-electron chi connectivity index (χ1n) is 9.26. The molecular weight excluding hydrogens is 360 g/mol. The molecule has 0 aliphatic rings. The van der Waals surface area contributed by atoms with Gasteiger partial charge in [-0.25, -0.2) is 4.98 Å². The van der Waals surface area contributed by atoms with Crippen molar-refractivity contribution < 1.29 is 4.74 Å². The summed E-state index contributed by atoms with van der Waals surface area (Å²) in [6.45, 7) is 3.98. The van der Waals surface area contributed by atoms with Crippen molar-refractivity contribution in [2.45, 2.75) is 0 Å². The van der Waals surface area contributed by atoms with E-state index < -0.39 is 0 Å². The second-order valence-corrected chi connectivity index (χ2v) is 6.53. The minimum Gasteiger partial charge on any atom is -0.497 e. The van der Waals surface area contributed by atoms with Crippen LogP contribution in [0.25, 0.3) is 28.2 Å². The van der Waals surface area contributed by atoms with Crippen molar-refractivity contribution in [3.8, 4) is 11.6 Å². The molecule has 0 fully saturated rings. The molecule has 2 aromatic heterocycles. The molecule has 2 aromatic carbocycles. The molecule has 4 nitrogen and oxygen atoms in total. The first kappa shape index (κ1) is 18.4. The van der Waals surface area contributed by atoms with Crippen molar-refractivity contribution in [2.24, 2.45) is 0 Å². The van der Waals surface area contributed by atoms with E-state index in [9.17, 15) is 4.79 Å². The number of methoxy groups -OCH3 is 1. The maximum Gasteiger partial charge on any atom is 0.264 e. The van der Waals surface area contributed by atoms with Gasteiger partial charge in [-0.2, -0.15) is 0 Å². The zero-order valence-corrected chi connectivity index (χ0v) is 16.1. The van der Waals surface area contributed by atoms with Crippen LogP contribution in [0.3, 0.4) is 0 Å². The predicted octanol–water partition coefficient (Wildman–Crippen LogP) is 5.12. The molecule has 0 unspecified atom stereocenters. The zero-order valence-electron chi connectivity index (χ0n) is 16.1. The van der Waals surface area contributed by atoms with Gasteiger partial charge in [0, 0.05) is 11.6 Å². The lowest BCUT2D eigenvalue weighted by Gasteiger charge is -2.15. The predicted molar refractivity (Wildman–Crippen MR) is 118 cm³/mol. The van der Waals surface area contributed by atoms with Crippen LogP contribution in [-0.2, 0) is 0 Å². The second kappa shape index (κ2) is 7.98. The number of pyridine rings is 2. The second-order valence-electron chi connectivity index (χ2n) is 6.53. The lowest BCUT2D eigenvalue weighted by atomic mass is 10.0. The van der Waals surface area contributed by atoms with Crippen LogP contribution in [0, 0.1) is 0 Å². The van der Waals surface area contributed by atoms with E-state index in [1.165, 1.54) is 0 Å². The number of aromatic nitrogens is 2. The van der Waals surface area contributed by atoms with E-state index in [0.717, 1.165) is 16.5 Å². The molecule has 0 radical (unpaired) electrons. The van der Waals surface area contributed by atoms with Crippen LogP contribution in [0.15, 0.2) is 96.4 Å². The molecule has 0 spiro atoms. The van der Waals surface area contributed by atoms with Gasteiger partial charge in [0.2, 0.25) is 0 Å². The van der Waals surface area contributed by atoms with Gasteiger partial charge in [0.05, 0.1) is 12.8 Å². The summed E-state index contributed by atoms with van der Waals surface area (Å²) >= 11 is 0. The van der Waals surface area contributed by atoms with E-state index in [1.807, 2.05) is 66.7 Å². The number of allylic oxidation sites excluding steroid dienone is 2. The van der Waals surface area contributed by atoms with Crippen LogP contribution in [-0.4, -0.2) is 16.7 Å². The van der Waals surface area contributed by atoms with Gasteiger partial charge in [-0.3, -0.25) is 9.36 Å². The molecule has 0 N–H and O–H groups in total. The molecule has 0 aliphatic carbocycles. The molecule has 142 valence electrons. The molecule has 0 amide bonds. The van der Waals surface area contributed by atoms with Gasteiger partial charge in [-0.05, 0) is 59.0 Å². The lowest BCUT2D eigenvalue weighted by molar-refractivity contribution is 0.415. The van der Waals surface area contributed by atoms with E-state index in [-0.39, 0.29) is 5.56 Å². The Hall–Kier alpha value is -3.92. The summed E-state index contributed by atoms with van der Waals surface area (Å²) < 4.78 is 6.97. The Morgan fingerprint density at radius 1 is 1.03 bits per heavy atom. The first-order valence-corrected chi connectivity index (χ1v) is 9.26. The molecule has 0 saturated heterocycles. The molecule has 0 atom stereocenters. The minimum atomic E-state index is -0.139. The molecule has 4 aromatic rings. The fourth-order valence-corrected chi connectivity index (χ4v) is 3.32. The lowest BCUT2D eigenvalue weighted by Crippen LogP contribution is -2.22. The number of nitrogens with zero attached hydrogens (tertiary/aromatic N) is 2. The highest BCUT2D eigenvalue weighted by Crippen LogP contribution is 2.26. The number of ether oxygens (including phenoxy) is 1. The molecule has 4 heteroatoms. The molecule has 29 heavy (non-hydrogen) atoms. The van der Waals surface area contributed by atoms with Crippen LogP contribution < -0.4 is 10.3 Å². The Balaban J connectivity index is 2.06. The number of benzene rings is 2. The number of fused-ring (bicyclic) bond motifs is 1. The van der Waals surface area contributed by atoms with Gasteiger partial charge in [-0.15, -0.1) is 0 Å². The summed E-state index contributed by atoms with van der Waals surface area (Å²) in [5, 5.41) is 1.40. The minimum absolute atomic E-state index is 0.139. The Morgan fingerprint density at radius 2 is 1.83 bits per heavy atom. The van der Waals surface area contributed by atoms with Crippen molar-refractivity contribution in [3.05, 3.63) is 113 Å². The summed E-state index contributed by atoms with van der Waals surface area (Å²) in [5.41, 5.74) is 2.42. The largest absolute Gasteiger partial charge is 0.497 e. The summed E-state index contributed by atoms with van der Waals surface area (Å²) in [6.07, 6.45) is 5.44. The Bertz CT molecular complexity index is 1260. The summed E-state index contributed by atoms with van der Waals surface area (Å²) in [4.78, 5) is 17.9. The SMILES string of the molecule is C=CC(=Cc1ccccc1)c1cc2cc(OC)ccc2c(=O)n1-c1ccccn1. The standard InChI is InChI=1S/C25H20N2O2/c1-3-19(15-18-9-5-4-6-10-18)23-17-20-16-21(29-2)12-13-22(20)25(28)27(23)24-11-7-8-14-26-24/h3-17H,1H2,2H3. The molecule has 4 rings (SSSR count). The van der Waals surface area contributed by atoms with Crippen LogP contribution in [0.5, 0.6) is 5.75 Å². The number of rotatable bonds is 5. The van der Waals surface area contributed by atoms with E-state index in [2.05, 4.69) is 11.6 Å². The van der Waals surface area contributed by atoms with Crippen molar-refractivity contribution >= 4 is 22.4 Å². The molecule has 0 aliphatic heterocycles. The maximum absolute atomic E-state index is 13.4. The highest BCUT2D eigenvalue weighted by atomic mass is 16.5. The third-order valence-electron chi connectivity index (χ3n) is 4.74. The topological polar surface area (TPSA) is 44.1 Å². The van der Waals surface area contributed by atoms with Gasteiger partial charge in [0.25, 0.3) is 5.56 Å². The van der Waals surface area contributed by atoms with Gasteiger partial charge in [0.15, 0.2) is 0 Å². The van der Waals surface area contributed by atoms with E-state index in [1.54, 1.807) is 36.1 Å². The van der Waals surface area contributed by atoms with Crippen molar-refractivity contribution in [1.82, 2.24) is 9.55 Å². The van der Waals surface area contributed by atoms with E-state index in [0.29, 0.717) is 22.6 Å². The number of hydrogen-bond acceptors (Lipinski definition) is 3. The normalized spacial score (nSPS) is 11.4. The third kappa shape index (κ3) is 3.60. The molecule has 0 bridgehead atoms. The van der Waals surface area contributed by atoms with Crippen molar-refractivity contribution in [3.63, 3.8) is 0 Å². The summed E-state index contributed by atoms with van der Waals surface area (Å²) in [5.74, 6) is 1.26. The highest BCUT2D eigenvalue weighted by molar-refractivity contribution is 5.92. The van der Waals surface area contributed by atoms with Crippen molar-refractivity contribution in [2.75, 3.05) is 7.11 Å². The fraction of sp³-hybridized carbons (Fsp3) is 0.0400. The molecule has 2 heterocycles. The van der Waals surface area contributed by atoms with Gasteiger partial charge >= 0.3 is 0 Å². The van der Waals surface area contributed by atoms with Gasteiger partial charge in [-0.1, -0.05) is 49.1 Å². The average Bonchev–Trinajstić information content (AvgIpc) is 2.78. The van der Waals surface area contributed by atoms with Crippen LogP contribution in [0.2, 0.25) is 0 Å². The smallest absolute Gasteiger partial charge is 0.264 e. The van der Waals surface area contributed by atoms with Crippen LogP contribution in [0.4, 0.5) is 0 Å². The average molecular weight is 380 g/mol. The van der Waals surface area contributed by atoms with E-state index in [4.69, 9.17) is 4.74 Å². The van der Waals surface area contributed by atoms with E-state index >= 15 is 0 Å². The quantitative estimate of drug-likeness (QED) is 0.451. The zero-order chi connectivity index (χ0) is 20.2. The maximum atomic E-state index is 13.4. The van der Waals surface area contributed by atoms with Crippen LogP contribution in [0.1, 0.15) is 11.3 Å². The fourth-order valence-electron chi connectivity index (χ4n) is 3.32. The van der Waals surface area contributed by atoms with Gasteiger partial charge in [0.1, 0.15) is 11.6 Å². The Labute approximate surface area is 169 Å². The monoisotopic (exact) mass is 380 g/mol. The molecular formula is C25H20N2O2. The first-order chi connectivity index (χ1) is 14.2. The summed E-state index contributed by atoms with van der Waals surface area (Å²) in [7, 11) is 1.61. The van der Waals surface area contributed by atoms with Crippen molar-refractivity contribution in [1.29, 1.82) is 0 Å². The van der Waals surface area contributed by atoms with Gasteiger partial charge < -0.3 is 4.74 Å².